The summed E-state index contributed by atoms with van der Waals surface area (Å²) in [7, 11) is 3.77. The molecule has 0 aliphatic carbocycles. The minimum Gasteiger partial charge on any atom is -0.302 e. The average Bonchev–Trinajstić information content (AvgIpc) is 2.55. The van der Waals surface area contributed by atoms with Crippen molar-refractivity contribution in [3.8, 4) is 0 Å². The van der Waals surface area contributed by atoms with Gasteiger partial charge in [0.05, 0.1) is 29.4 Å². The predicted molar refractivity (Wildman–Crippen MR) is 69.6 cm³/mol. The number of aryl methyl sites for hydroxylation is 2. The molecule has 4 nitrogen and oxygen atoms in total. The van der Waals surface area contributed by atoms with Gasteiger partial charge in [-0.25, -0.2) is 0 Å². The maximum atomic E-state index is 11.8. The molecule has 1 heterocycles. The van der Waals surface area contributed by atoms with Gasteiger partial charge in [0.2, 0.25) is 0 Å². The third kappa shape index (κ3) is 3.54. The van der Waals surface area contributed by atoms with Crippen LogP contribution < -0.4 is 0 Å². The highest BCUT2D eigenvalue weighted by atomic mass is 35.5. The Hall–Kier alpha value is -0.870. The van der Waals surface area contributed by atoms with Crippen molar-refractivity contribution >= 4 is 17.4 Å². The predicted octanol–water partition coefficient (Wildman–Crippen LogP) is 1.79. The van der Waals surface area contributed by atoms with Gasteiger partial charge < -0.3 is 4.90 Å². The highest BCUT2D eigenvalue weighted by molar-refractivity contribution is 6.32. The second-order valence-corrected chi connectivity index (χ2v) is 4.71. The molecule has 0 aliphatic heterocycles. The van der Waals surface area contributed by atoms with Crippen LogP contribution in [0.4, 0.5) is 0 Å². The normalized spacial score (nSPS) is 11.2. The molecule has 0 spiro atoms. The molecule has 0 fully saturated rings. The van der Waals surface area contributed by atoms with E-state index in [1.165, 1.54) is 0 Å². The number of rotatable bonds is 6. The molecule has 1 rings (SSSR count). The maximum absolute atomic E-state index is 11.8. The van der Waals surface area contributed by atoms with Gasteiger partial charge in [0, 0.05) is 6.54 Å². The lowest BCUT2D eigenvalue weighted by Gasteiger charge is -2.09. The zero-order chi connectivity index (χ0) is 13.0. The molecule has 17 heavy (non-hydrogen) atoms. The minimum absolute atomic E-state index is 0.161. The molecule has 0 saturated carbocycles. The number of hydrogen-bond donors (Lipinski definition) is 0. The Kier molecular flexibility index (Phi) is 5.15. The zero-order valence-electron chi connectivity index (χ0n) is 11.0. The number of Topliss-reactive ketones (excluding diaryl/α,β-unsaturated/α-hetero) is 1. The zero-order valence-corrected chi connectivity index (χ0v) is 11.7. The lowest BCUT2D eigenvalue weighted by Crippen LogP contribution is -2.24. The highest BCUT2D eigenvalue weighted by Crippen LogP contribution is 2.22. The number of nitrogens with zero attached hydrogens (tertiary/aromatic N) is 3. The van der Waals surface area contributed by atoms with Crippen molar-refractivity contribution in [2.45, 2.75) is 33.2 Å². The van der Waals surface area contributed by atoms with Gasteiger partial charge >= 0.3 is 0 Å². The topological polar surface area (TPSA) is 38.1 Å². The maximum Gasteiger partial charge on any atom is 0.152 e. The Labute approximate surface area is 108 Å². The fraction of sp³-hybridized carbons (Fsp3) is 0.667. The number of hydrogen-bond acceptors (Lipinski definition) is 3. The monoisotopic (exact) mass is 257 g/mol. The number of aromatic nitrogens is 2. The fourth-order valence-electron chi connectivity index (χ4n) is 1.78. The molecule has 0 saturated heterocycles. The minimum atomic E-state index is 0.161. The standard InChI is InChI=1S/C12H20ClN3O/c1-5-10-12(13)11(16(6-2)14-10)7-9(17)8-15(3)4/h5-8H2,1-4H3. The van der Waals surface area contributed by atoms with E-state index in [4.69, 9.17) is 11.6 Å². The van der Waals surface area contributed by atoms with Crippen LogP contribution in [0.15, 0.2) is 0 Å². The molecule has 0 N–H and O–H groups in total. The second kappa shape index (κ2) is 6.17. The van der Waals surface area contributed by atoms with E-state index in [0.29, 0.717) is 18.0 Å². The SMILES string of the molecule is CCc1nn(CC)c(CC(=O)CN(C)C)c1Cl. The van der Waals surface area contributed by atoms with E-state index >= 15 is 0 Å². The molecule has 0 unspecified atom stereocenters. The summed E-state index contributed by atoms with van der Waals surface area (Å²) in [5.41, 5.74) is 1.72. The van der Waals surface area contributed by atoms with E-state index < -0.39 is 0 Å². The summed E-state index contributed by atoms with van der Waals surface area (Å²) < 4.78 is 1.83. The van der Waals surface area contributed by atoms with Crippen molar-refractivity contribution in [3.05, 3.63) is 16.4 Å². The van der Waals surface area contributed by atoms with Crippen LogP contribution in [0.5, 0.6) is 0 Å². The summed E-state index contributed by atoms with van der Waals surface area (Å²) in [6.07, 6.45) is 1.15. The highest BCUT2D eigenvalue weighted by Gasteiger charge is 2.17. The van der Waals surface area contributed by atoms with E-state index in [1.54, 1.807) is 0 Å². The summed E-state index contributed by atoms with van der Waals surface area (Å²) in [5, 5.41) is 5.05. The van der Waals surface area contributed by atoms with E-state index in [2.05, 4.69) is 5.10 Å². The number of ketones is 1. The average molecular weight is 258 g/mol. The number of halogens is 1. The van der Waals surface area contributed by atoms with Gasteiger partial charge in [0.1, 0.15) is 0 Å². The van der Waals surface area contributed by atoms with E-state index in [1.807, 2.05) is 37.5 Å². The third-order valence-electron chi connectivity index (χ3n) is 2.55. The summed E-state index contributed by atoms with van der Waals surface area (Å²) in [6.45, 7) is 5.19. The molecule has 0 amide bonds. The number of likely N-dealkylation sites (N-methyl/N-ethyl adjacent to an activating group) is 1. The van der Waals surface area contributed by atoms with Gasteiger partial charge in [-0.3, -0.25) is 9.48 Å². The lowest BCUT2D eigenvalue weighted by molar-refractivity contribution is -0.119. The Morgan fingerprint density at radius 1 is 1.41 bits per heavy atom. The molecule has 0 radical (unpaired) electrons. The number of carbonyl (C=O) groups is 1. The van der Waals surface area contributed by atoms with Gasteiger partial charge in [-0.1, -0.05) is 18.5 Å². The van der Waals surface area contributed by atoms with Gasteiger partial charge in [-0.2, -0.15) is 5.10 Å². The first-order chi connectivity index (χ1) is 7.99. The van der Waals surface area contributed by atoms with Crippen LogP contribution in [0.2, 0.25) is 5.02 Å². The molecule has 1 aromatic rings. The molecule has 0 atom stereocenters. The molecule has 0 bridgehead atoms. The van der Waals surface area contributed by atoms with Crippen LogP contribution in [0.3, 0.4) is 0 Å². The van der Waals surface area contributed by atoms with Crippen molar-refractivity contribution in [3.63, 3.8) is 0 Å². The Morgan fingerprint density at radius 2 is 2.06 bits per heavy atom. The first-order valence-corrected chi connectivity index (χ1v) is 6.27. The van der Waals surface area contributed by atoms with Crippen LogP contribution in [0, 0.1) is 0 Å². The van der Waals surface area contributed by atoms with Crippen molar-refractivity contribution in [1.29, 1.82) is 0 Å². The Bertz CT molecular complexity index is 399. The molecule has 0 aliphatic rings. The largest absolute Gasteiger partial charge is 0.302 e. The number of carbonyl (C=O) groups excluding carboxylic acids is 1. The van der Waals surface area contributed by atoms with Crippen LogP contribution in [-0.2, 0) is 24.2 Å². The molecule has 0 aromatic carbocycles. The van der Waals surface area contributed by atoms with Gasteiger partial charge in [0.15, 0.2) is 5.78 Å². The van der Waals surface area contributed by atoms with Crippen molar-refractivity contribution in [2.24, 2.45) is 0 Å². The quantitative estimate of drug-likeness (QED) is 0.780. The van der Waals surface area contributed by atoms with Gasteiger partial charge in [-0.05, 0) is 27.4 Å². The molecule has 5 heteroatoms. The van der Waals surface area contributed by atoms with E-state index in [-0.39, 0.29) is 5.78 Å². The summed E-state index contributed by atoms with van der Waals surface area (Å²) in [6, 6.07) is 0. The lowest BCUT2D eigenvalue weighted by atomic mass is 10.2. The van der Waals surface area contributed by atoms with Crippen LogP contribution in [0.25, 0.3) is 0 Å². The summed E-state index contributed by atoms with van der Waals surface area (Å²) in [4.78, 5) is 13.7. The second-order valence-electron chi connectivity index (χ2n) is 4.33. The molecule has 96 valence electrons. The van der Waals surface area contributed by atoms with Gasteiger partial charge in [-0.15, -0.1) is 0 Å². The van der Waals surface area contributed by atoms with E-state index in [9.17, 15) is 4.79 Å². The molecular formula is C12H20ClN3O. The van der Waals surface area contributed by atoms with E-state index in [0.717, 1.165) is 24.4 Å². The van der Waals surface area contributed by atoms with Crippen molar-refractivity contribution < 1.29 is 4.79 Å². The van der Waals surface area contributed by atoms with Crippen LogP contribution in [0.1, 0.15) is 25.2 Å². The first-order valence-electron chi connectivity index (χ1n) is 5.90. The van der Waals surface area contributed by atoms with Crippen molar-refractivity contribution in [1.82, 2.24) is 14.7 Å². The molecule has 1 aromatic heterocycles. The molecular weight excluding hydrogens is 238 g/mol. The summed E-state index contributed by atoms with van der Waals surface area (Å²) in [5.74, 6) is 0.161. The van der Waals surface area contributed by atoms with Gasteiger partial charge in [0.25, 0.3) is 0 Å². The fourth-order valence-corrected chi connectivity index (χ4v) is 2.12. The van der Waals surface area contributed by atoms with Crippen molar-refractivity contribution in [2.75, 3.05) is 20.6 Å². The van der Waals surface area contributed by atoms with Crippen LogP contribution in [-0.4, -0.2) is 41.1 Å². The smallest absolute Gasteiger partial charge is 0.152 e. The Morgan fingerprint density at radius 3 is 2.53 bits per heavy atom. The Balaban J connectivity index is 2.89. The first kappa shape index (κ1) is 14.2. The third-order valence-corrected chi connectivity index (χ3v) is 2.99. The summed E-state index contributed by atoms with van der Waals surface area (Å²) >= 11 is 6.24. The van der Waals surface area contributed by atoms with Crippen LogP contribution >= 0.6 is 11.6 Å².